The number of anilines is 1. The fourth-order valence-electron chi connectivity index (χ4n) is 4.11. The molecule has 1 aliphatic carbocycles. The molecule has 1 saturated carbocycles. The molecule has 7 nitrogen and oxygen atoms in total. The minimum Gasteiger partial charge on any atom is -0.339 e. The summed E-state index contributed by atoms with van der Waals surface area (Å²) >= 11 is 8.47. The number of nitrogens with one attached hydrogen (secondary N) is 1. The number of hydrogen-bond donors (Lipinski definition) is 1. The SMILES string of the molecule is O=C(Nc1cccc(Cl)c1)c1nnc(SCC(=O)N2CCN(C3CCCCC3)CC2)s1. The van der Waals surface area contributed by atoms with Crippen LogP contribution in [0.2, 0.25) is 5.02 Å². The molecular weight excluding hydrogens is 454 g/mol. The highest BCUT2D eigenvalue weighted by atomic mass is 35.5. The Labute approximate surface area is 195 Å². The van der Waals surface area contributed by atoms with E-state index in [4.69, 9.17) is 11.6 Å². The van der Waals surface area contributed by atoms with Crippen LogP contribution >= 0.6 is 34.7 Å². The lowest BCUT2D eigenvalue weighted by molar-refractivity contribution is -0.130. The van der Waals surface area contributed by atoms with Gasteiger partial charge in [-0.1, -0.05) is 60.0 Å². The zero-order chi connectivity index (χ0) is 21.6. The molecule has 31 heavy (non-hydrogen) atoms. The fourth-order valence-corrected chi connectivity index (χ4v) is 5.95. The van der Waals surface area contributed by atoms with Gasteiger partial charge in [-0.05, 0) is 31.0 Å². The fraction of sp³-hybridized carbons (Fsp3) is 0.524. The Balaban J connectivity index is 1.22. The molecule has 2 aliphatic rings. The number of benzene rings is 1. The summed E-state index contributed by atoms with van der Waals surface area (Å²) in [6.07, 6.45) is 6.63. The van der Waals surface area contributed by atoms with E-state index < -0.39 is 0 Å². The van der Waals surface area contributed by atoms with Crippen LogP contribution in [0.5, 0.6) is 0 Å². The van der Waals surface area contributed by atoms with E-state index in [2.05, 4.69) is 20.4 Å². The van der Waals surface area contributed by atoms with Crippen LogP contribution in [0.4, 0.5) is 5.69 Å². The number of hydrogen-bond acceptors (Lipinski definition) is 7. The highest BCUT2D eigenvalue weighted by Crippen LogP contribution is 2.26. The molecule has 1 N–H and O–H groups in total. The Hall–Kier alpha value is -1.68. The van der Waals surface area contributed by atoms with Gasteiger partial charge in [-0.2, -0.15) is 0 Å². The monoisotopic (exact) mass is 479 g/mol. The molecule has 0 radical (unpaired) electrons. The van der Waals surface area contributed by atoms with Crippen molar-refractivity contribution in [2.75, 3.05) is 37.2 Å². The maximum Gasteiger partial charge on any atom is 0.286 e. The van der Waals surface area contributed by atoms with Crippen LogP contribution in [0.1, 0.15) is 41.9 Å². The van der Waals surface area contributed by atoms with E-state index in [-0.39, 0.29) is 16.8 Å². The molecule has 0 atom stereocenters. The summed E-state index contributed by atoms with van der Waals surface area (Å²) < 4.78 is 0.616. The number of rotatable bonds is 6. The van der Waals surface area contributed by atoms with Crippen LogP contribution in [0.3, 0.4) is 0 Å². The highest BCUT2D eigenvalue weighted by molar-refractivity contribution is 8.01. The van der Waals surface area contributed by atoms with Crippen molar-refractivity contribution in [1.82, 2.24) is 20.0 Å². The first-order chi connectivity index (χ1) is 15.1. The van der Waals surface area contributed by atoms with E-state index in [1.165, 1.54) is 55.2 Å². The first-order valence-electron chi connectivity index (χ1n) is 10.6. The number of carbonyl (C=O) groups excluding carboxylic acids is 2. The summed E-state index contributed by atoms with van der Waals surface area (Å²) in [5, 5.41) is 11.6. The lowest BCUT2D eigenvalue weighted by Crippen LogP contribution is -2.52. The number of halogens is 1. The van der Waals surface area contributed by atoms with Crippen LogP contribution in [-0.2, 0) is 4.79 Å². The predicted molar refractivity (Wildman–Crippen MR) is 125 cm³/mol. The molecule has 4 rings (SSSR count). The molecule has 10 heteroatoms. The lowest BCUT2D eigenvalue weighted by atomic mass is 9.94. The molecule has 1 aromatic carbocycles. The Morgan fingerprint density at radius 2 is 1.90 bits per heavy atom. The van der Waals surface area contributed by atoms with Crippen molar-refractivity contribution in [2.24, 2.45) is 0 Å². The number of carbonyl (C=O) groups is 2. The van der Waals surface area contributed by atoms with Gasteiger partial charge in [-0.3, -0.25) is 14.5 Å². The second-order valence-corrected chi connectivity index (χ2v) is 10.5. The minimum absolute atomic E-state index is 0.119. The molecule has 1 saturated heterocycles. The van der Waals surface area contributed by atoms with Crippen molar-refractivity contribution >= 4 is 52.2 Å². The Bertz CT molecular complexity index is 911. The van der Waals surface area contributed by atoms with Crippen molar-refractivity contribution in [3.63, 3.8) is 0 Å². The van der Waals surface area contributed by atoms with Gasteiger partial charge in [0.15, 0.2) is 4.34 Å². The molecule has 166 valence electrons. The third-order valence-corrected chi connectivity index (χ3v) is 8.04. The summed E-state index contributed by atoms with van der Waals surface area (Å²) in [6.45, 7) is 3.51. The van der Waals surface area contributed by atoms with E-state index in [0.29, 0.717) is 26.8 Å². The van der Waals surface area contributed by atoms with Gasteiger partial charge in [-0.25, -0.2) is 0 Å². The zero-order valence-electron chi connectivity index (χ0n) is 17.3. The van der Waals surface area contributed by atoms with Crippen molar-refractivity contribution in [3.05, 3.63) is 34.3 Å². The van der Waals surface area contributed by atoms with Crippen molar-refractivity contribution in [3.8, 4) is 0 Å². The Kier molecular flexibility index (Phi) is 7.81. The molecule has 2 amide bonds. The van der Waals surface area contributed by atoms with E-state index in [1.54, 1.807) is 24.3 Å². The van der Waals surface area contributed by atoms with Crippen LogP contribution < -0.4 is 5.32 Å². The topological polar surface area (TPSA) is 78.4 Å². The second kappa shape index (κ2) is 10.8. The number of piperazine rings is 1. The summed E-state index contributed by atoms with van der Waals surface area (Å²) in [6, 6.07) is 7.64. The van der Waals surface area contributed by atoms with Gasteiger partial charge in [0, 0.05) is 42.9 Å². The van der Waals surface area contributed by atoms with Crippen LogP contribution in [0.15, 0.2) is 28.6 Å². The number of nitrogens with zero attached hydrogens (tertiary/aromatic N) is 4. The first-order valence-corrected chi connectivity index (χ1v) is 12.8. The number of aromatic nitrogens is 2. The van der Waals surface area contributed by atoms with Crippen LogP contribution in [0, 0.1) is 0 Å². The Morgan fingerprint density at radius 3 is 2.65 bits per heavy atom. The van der Waals surface area contributed by atoms with Gasteiger partial charge in [0.2, 0.25) is 10.9 Å². The second-order valence-electron chi connectivity index (χ2n) is 7.83. The largest absolute Gasteiger partial charge is 0.339 e. The normalized spacial score (nSPS) is 18.2. The average molecular weight is 480 g/mol. The maximum atomic E-state index is 12.6. The molecule has 0 spiro atoms. The van der Waals surface area contributed by atoms with Gasteiger partial charge in [0.25, 0.3) is 5.91 Å². The van der Waals surface area contributed by atoms with Crippen molar-refractivity contribution < 1.29 is 9.59 Å². The van der Waals surface area contributed by atoms with Gasteiger partial charge in [-0.15, -0.1) is 10.2 Å². The molecule has 2 fully saturated rings. The number of thioether (sulfide) groups is 1. The standard InChI is InChI=1S/C21H26ClN5O2S2/c22-15-5-4-6-16(13-15)23-19(29)20-24-25-21(31-20)30-14-18(28)27-11-9-26(10-12-27)17-7-2-1-3-8-17/h4-6,13,17H,1-3,7-12,14H2,(H,23,29). The molecule has 1 aliphatic heterocycles. The minimum atomic E-state index is -0.336. The summed E-state index contributed by atoms with van der Waals surface area (Å²) in [5.74, 6) is 0.0961. The smallest absolute Gasteiger partial charge is 0.286 e. The van der Waals surface area contributed by atoms with E-state index >= 15 is 0 Å². The summed E-state index contributed by atoms with van der Waals surface area (Å²) in [7, 11) is 0. The molecule has 1 aromatic heterocycles. The summed E-state index contributed by atoms with van der Waals surface area (Å²) in [5.41, 5.74) is 0.601. The first kappa shape index (κ1) is 22.5. The third kappa shape index (κ3) is 6.19. The maximum absolute atomic E-state index is 12.6. The van der Waals surface area contributed by atoms with Gasteiger partial charge >= 0.3 is 0 Å². The Morgan fingerprint density at radius 1 is 1.13 bits per heavy atom. The quantitative estimate of drug-likeness (QED) is 0.630. The molecule has 0 bridgehead atoms. The highest BCUT2D eigenvalue weighted by Gasteiger charge is 2.27. The van der Waals surface area contributed by atoms with E-state index in [1.807, 2.05) is 4.90 Å². The zero-order valence-corrected chi connectivity index (χ0v) is 19.6. The molecule has 2 heterocycles. The average Bonchev–Trinajstić information content (AvgIpc) is 3.27. The van der Waals surface area contributed by atoms with Crippen molar-refractivity contribution in [2.45, 2.75) is 42.5 Å². The third-order valence-electron chi connectivity index (χ3n) is 5.76. The van der Waals surface area contributed by atoms with E-state index in [9.17, 15) is 9.59 Å². The summed E-state index contributed by atoms with van der Waals surface area (Å²) in [4.78, 5) is 29.5. The predicted octanol–water partition coefficient (Wildman–Crippen LogP) is 4.01. The van der Waals surface area contributed by atoms with Crippen LogP contribution in [0.25, 0.3) is 0 Å². The van der Waals surface area contributed by atoms with Gasteiger partial charge in [0.05, 0.1) is 5.75 Å². The van der Waals surface area contributed by atoms with Gasteiger partial charge in [0.1, 0.15) is 0 Å². The van der Waals surface area contributed by atoms with E-state index in [0.717, 1.165) is 26.2 Å². The number of amides is 2. The molecule has 0 unspecified atom stereocenters. The van der Waals surface area contributed by atoms with Gasteiger partial charge < -0.3 is 10.2 Å². The van der Waals surface area contributed by atoms with Crippen molar-refractivity contribution in [1.29, 1.82) is 0 Å². The molecular formula is C21H26ClN5O2S2. The lowest BCUT2D eigenvalue weighted by Gasteiger charge is -2.40. The van der Waals surface area contributed by atoms with Crippen LogP contribution in [-0.4, -0.2) is 69.8 Å². The molecule has 2 aromatic rings.